The number of para-hydroxylation sites is 1. The topological polar surface area (TPSA) is 86.5 Å². The molecule has 1 heterocycles. The fourth-order valence-electron chi connectivity index (χ4n) is 2.26. The molecule has 0 saturated heterocycles. The maximum Gasteiger partial charge on any atom is 0.251 e. The first-order valence-electron chi connectivity index (χ1n) is 7.59. The van der Waals surface area contributed by atoms with Crippen molar-refractivity contribution in [3.05, 3.63) is 60.0 Å². The molecular weight excluding hydrogens is 322 g/mol. The normalized spacial score (nSPS) is 10.3. The van der Waals surface area contributed by atoms with Crippen LogP contribution in [0.25, 0.3) is 11.5 Å². The molecule has 25 heavy (non-hydrogen) atoms. The molecule has 1 aromatic heterocycles. The summed E-state index contributed by atoms with van der Waals surface area (Å²) >= 11 is 0. The van der Waals surface area contributed by atoms with E-state index in [-0.39, 0.29) is 12.5 Å². The molecule has 0 unspecified atom stereocenters. The molecule has 0 aliphatic carbocycles. The van der Waals surface area contributed by atoms with Crippen LogP contribution in [-0.2, 0) is 6.54 Å². The Kier molecular flexibility index (Phi) is 4.94. The molecule has 3 rings (SSSR count). The fraction of sp³-hybridized carbons (Fsp3) is 0.167. The second-order valence-corrected chi connectivity index (χ2v) is 5.11. The minimum Gasteiger partial charge on any atom is -0.497 e. The molecule has 0 bridgehead atoms. The Bertz CT molecular complexity index is 859. The molecule has 1 N–H and O–H groups in total. The zero-order valence-electron chi connectivity index (χ0n) is 13.9. The molecule has 0 radical (unpaired) electrons. The first-order valence-corrected chi connectivity index (χ1v) is 7.59. The Morgan fingerprint density at radius 2 is 1.80 bits per heavy atom. The lowest BCUT2D eigenvalue weighted by atomic mass is 10.2. The zero-order valence-corrected chi connectivity index (χ0v) is 13.9. The molecule has 0 spiro atoms. The maximum atomic E-state index is 12.1. The molecule has 7 heteroatoms. The molecule has 0 saturated carbocycles. The van der Waals surface area contributed by atoms with Crippen molar-refractivity contribution in [2.75, 3.05) is 14.2 Å². The van der Waals surface area contributed by atoms with Crippen molar-refractivity contribution in [1.82, 2.24) is 15.5 Å². The minimum atomic E-state index is -0.236. The Labute approximate surface area is 144 Å². The number of carbonyl (C=O) groups excluding carboxylic acids is 1. The highest BCUT2D eigenvalue weighted by atomic mass is 16.5. The average Bonchev–Trinajstić information content (AvgIpc) is 3.15. The van der Waals surface area contributed by atoms with Crippen LogP contribution < -0.4 is 14.8 Å². The summed E-state index contributed by atoms with van der Waals surface area (Å²) in [7, 11) is 3.15. The van der Waals surface area contributed by atoms with Crippen molar-refractivity contribution in [1.29, 1.82) is 0 Å². The number of rotatable bonds is 6. The Balaban J connectivity index is 1.66. The number of hydrogen-bond acceptors (Lipinski definition) is 6. The Morgan fingerprint density at radius 3 is 2.52 bits per heavy atom. The summed E-state index contributed by atoms with van der Waals surface area (Å²) in [6.45, 7) is 0.132. The third kappa shape index (κ3) is 3.77. The average molecular weight is 339 g/mol. The van der Waals surface area contributed by atoms with Crippen LogP contribution in [0.1, 0.15) is 16.2 Å². The van der Waals surface area contributed by atoms with E-state index in [0.29, 0.717) is 34.4 Å². The first-order chi connectivity index (χ1) is 12.2. The van der Waals surface area contributed by atoms with Crippen LogP contribution in [0.4, 0.5) is 0 Å². The number of ether oxygens (including phenoxy) is 2. The SMILES string of the molecule is COc1ccc(C(=O)NCc2nnc(-c3ccccc3OC)o2)cc1. The number of carbonyl (C=O) groups is 1. The van der Waals surface area contributed by atoms with Gasteiger partial charge in [-0.2, -0.15) is 0 Å². The van der Waals surface area contributed by atoms with Gasteiger partial charge in [0, 0.05) is 5.56 Å². The van der Waals surface area contributed by atoms with Crippen LogP contribution in [-0.4, -0.2) is 30.3 Å². The van der Waals surface area contributed by atoms with Gasteiger partial charge in [-0.05, 0) is 36.4 Å². The van der Waals surface area contributed by atoms with Crippen molar-refractivity contribution in [2.45, 2.75) is 6.54 Å². The van der Waals surface area contributed by atoms with Gasteiger partial charge >= 0.3 is 0 Å². The number of methoxy groups -OCH3 is 2. The summed E-state index contributed by atoms with van der Waals surface area (Å²) in [6, 6.07) is 14.2. The van der Waals surface area contributed by atoms with E-state index in [0.717, 1.165) is 0 Å². The van der Waals surface area contributed by atoms with Gasteiger partial charge in [0.05, 0.1) is 26.3 Å². The van der Waals surface area contributed by atoms with Crippen LogP contribution in [0, 0.1) is 0 Å². The molecule has 0 aliphatic rings. The summed E-state index contributed by atoms with van der Waals surface area (Å²) in [5, 5.41) is 10.7. The number of nitrogens with zero attached hydrogens (tertiary/aromatic N) is 2. The van der Waals surface area contributed by atoms with Crippen LogP contribution in [0.3, 0.4) is 0 Å². The van der Waals surface area contributed by atoms with Gasteiger partial charge in [0.25, 0.3) is 11.8 Å². The van der Waals surface area contributed by atoms with Gasteiger partial charge in [0.1, 0.15) is 11.5 Å². The summed E-state index contributed by atoms with van der Waals surface area (Å²) in [5.74, 6) is 1.74. The van der Waals surface area contributed by atoms with Crippen molar-refractivity contribution in [3.63, 3.8) is 0 Å². The van der Waals surface area contributed by atoms with Gasteiger partial charge in [-0.25, -0.2) is 0 Å². The summed E-state index contributed by atoms with van der Waals surface area (Å²) in [6.07, 6.45) is 0. The Hall–Kier alpha value is -3.35. The number of hydrogen-bond donors (Lipinski definition) is 1. The standard InChI is InChI=1S/C18H17N3O4/c1-23-13-9-7-12(8-10-13)17(22)19-11-16-20-21-18(25-16)14-5-3-4-6-15(14)24-2/h3-10H,11H2,1-2H3,(H,19,22). The maximum absolute atomic E-state index is 12.1. The smallest absolute Gasteiger partial charge is 0.251 e. The highest BCUT2D eigenvalue weighted by Gasteiger charge is 2.14. The third-order valence-corrected chi connectivity index (χ3v) is 3.56. The molecule has 0 atom stereocenters. The van der Waals surface area contributed by atoms with Crippen molar-refractivity contribution < 1.29 is 18.7 Å². The van der Waals surface area contributed by atoms with Crippen LogP contribution in [0.2, 0.25) is 0 Å². The van der Waals surface area contributed by atoms with E-state index in [1.54, 1.807) is 38.5 Å². The second-order valence-electron chi connectivity index (χ2n) is 5.11. The summed E-state index contributed by atoms with van der Waals surface area (Å²) in [4.78, 5) is 12.1. The van der Waals surface area contributed by atoms with Crippen molar-refractivity contribution in [3.8, 4) is 23.0 Å². The van der Waals surface area contributed by atoms with E-state index in [1.165, 1.54) is 0 Å². The largest absolute Gasteiger partial charge is 0.497 e. The van der Waals surface area contributed by atoms with Gasteiger partial charge in [0.2, 0.25) is 5.89 Å². The predicted octanol–water partition coefficient (Wildman–Crippen LogP) is 2.68. The number of benzene rings is 2. The van der Waals surface area contributed by atoms with E-state index < -0.39 is 0 Å². The molecule has 0 fully saturated rings. The zero-order chi connectivity index (χ0) is 17.6. The highest BCUT2D eigenvalue weighted by molar-refractivity contribution is 5.94. The number of nitrogens with one attached hydrogen (secondary N) is 1. The minimum absolute atomic E-state index is 0.132. The number of amides is 1. The molecule has 0 aliphatic heterocycles. The van der Waals surface area contributed by atoms with E-state index in [2.05, 4.69) is 15.5 Å². The quantitative estimate of drug-likeness (QED) is 0.743. The van der Waals surface area contributed by atoms with E-state index in [1.807, 2.05) is 24.3 Å². The highest BCUT2D eigenvalue weighted by Crippen LogP contribution is 2.28. The van der Waals surface area contributed by atoms with Crippen LogP contribution in [0.5, 0.6) is 11.5 Å². The molecule has 1 amide bonds. The van der Waals surface area contributed by atoms with E-state index in [9.17, 15) is 4.79 Å². The number of aromatic nitrogens is 2. The second kappa shape index (κ2) is 7.48. The molecular formula is C18H17N3O4. The summed E-state index contributed by atoms with van der Waals surface area (Å²) < 4.78 is 15.9. The third-order valence-electron chi connectivity index (χ3n) is 3.56. The molecule has 2 aromatic carbocycles. The Morgan fingerprint density at radius 1 is 1.04 bits per heavy atom. The molecule has 3 aromatic rings. The fourth-order valence-corrected chi connectivity index (χ4v) is 2.26. The van der Waals surface area contributed by atoms with Crippen molar-refractivity contribution in [2.24, 2.45) is 0 Å². The van der Waals surface area contributed by atoms with E-state index >= 15 is 0 Å². The van der Waals surface area contributed by atoms with Gasteiger partial charge in [-0.3, -0.25) is 4.79 Å². The lowest BCUT2D eigenvalue weighted by molar-refractivity contribution is 0.0947. The van der Waals surface area contributed by atoms with Crippen molar-refractivity contribution >= 4 is 5.91 Å². The lowest BCUT2D eigenvalue weighted by Gasteiger charge is -2.04. The van der Waals surface area contributed by atoms with Crippen LogP contribution in [0.15, 0.2) is 52.9 Å². The monoisotopic (exact) mass is 339 g/mol. The first kappa shape index (κ1) is 16.5. The van der Waals surface area contributed by atoms with Gasteiger partial charge in [0.15, 0.2) is 0 Å². The lowest BCUT2D eigenvalue weighted by Crippen LogP contribution is -2.22. The van der Waals surface area contributed by atoms with Gasteiger partial charge in [-0.15, -0.1) is 10.2 Å². The van der Waals surface area contributed by atoms with Gasteiger partial charge in [-0.1, -0.05) is 12.1 Å². The molecule has 128 valence electrons. The molecule has 7 nitrogen and oxygen atoms in total. The van der Waals surface area contributed by atoms with Gasteiger partial charge < -0.3 is 19.2 Å². The van der Waals surface area contributed by atoms with Crippen LogP contribution >= 0.6 is 0 Å². The summed E-state index contributed by atoms with van der Waals surface area (Å²) in [5.41, 5.74) is 1.22. The predicted molar refractivity (Wildman–Crippen MR) is 90.5 cm³/mol. The van der Waals surface area contributed by atoms with E-state index in [4.69, 9.17) is 13.9 Å².